The zero-order valence-electron chi connectivity index (χ0n) is 10.6. The number of carbonyl (C=O) groups excluding carboxylic acids is 2. The molecular weight excluding hydrogens is 232 g/mol. The summed E-state index contributed by atoms with van der Waals surface area (Å²) < 4.78 is 0. The highest BCUT2D eigenvalue weighted by Crippen LogP contribution is 2.26. The van der Waals surface area contributed by atoms with Gasteiger partial charge in [0.2, 0.25) is 5.91 Å². The number of amides is 2. The molecule has 0 bridgehead atoms. The van der Waals surface area contributed by atoms with Gasteiger partial charge in [-0.05, 0) is 12.1 Å². The maximum atomic E-state index is 11.3. The molecule has 0 spiro atoms. The van der Waals surface area contributed by atoms with E-state index in [1.165, 1.54) is 0 Å². The first-order valence-corrected chi connectivity index (χ1v) is 5.57. The van der Waals surface area contributed by atoms with Crippen molar-refractivity contribution in [3.8, 4) is 0 Å². The number of nitrogens with one attached hydrogen (secondary N) is 1. The minimum absolute atomic E-state index is 0.0722. The number of hydrogen-bond acceptors (Lipinski definition) is 4. The highest BCUT2D eigenvalue weighted by Gasteiger charge is 2.15. The van der Waals surface area contributed by atoms with E-state index >= 15 is 0 Å². The second-order valence-corrected chi connectivity index (χ2v) is 3.95. The molecule has 2 amide bonds. The third kappa shape index (κ3) is 3.13. The Morgan fingerprint density at radius 3 is 2.61 bits per heavy atom. The second-order valence-electron chi connectivity index (χ2n) is 3.95. The number of rotatable bonds is 5. The van der Waals surface area contributed by atoms with E-state index in [9.17, 15) is 9.59 Å². The fourth-order valence-corrected chi connectivity index (χ4v) is 1.69. The third-order valence-electron chi connectivity index (χ3n) is 2.67. The Bertz CT molecular complexity index is 459. The summed E-state index contributed by atoms with van der Waals surface area (Å²) >= 11 is 0. The van der Waals surface area contributed by atoms with E-state index < -0.39 is 5.91 Å². The average Bonchev–Trinajstić information content (AvgIpc) is 2.34. The smallest absolute Gasteiger partial charge is 0.250 e. The first-order chi connectivity index (χ1) is 8.47. The number of para-hydroxylation sites is 1. The molecule has 1 aromatic rings. The van der Waals surface area contributed by atoms with Crippen molar-refractivity contribution in [1.29, 1.82) is 0 Å². The Labute approximate surface area is 106 Å². The van der Waals surface area contributed by atoms with Gasteiger partial charge in [-0.1, -0.05) is 6.07 Å². The summed E-state index contributed by atoms with van der Waals surface area (Å²) in [6, 6.07) is 4.98. The number of carbonyl (C=O) groups is 2. The normalized spacial score (nSPS) is 9.89. The van der Waals surface area contributed by atoms with Crippen molar-refractivity contribution in [2.24, 2.45) is 5.73 Å². The van der Waals surface area contributed by atoms with E-state index in [1.54, 1.807) is 37.2 Å². The molecule has 6 nitrogen and oxygen atoms in total. The fraction of sp³-hybridized carbons (Fsp3) is 0.333. The van der Waals surface area contributed by atoms with Gasteiger partial charge in [-0.3, -0.25) is 9.59 Å². The highest BCUT2D eigenvalue weighted by molar-refractivity contribution is 6.01. The van der Waals surface area contributed by atoms with Gasteiger partial charge in [-0.15, -0.1) is 0 Å². The lowest BCUT2D eigenvalue weighted by atomic mass is 10.1. The van der Waals surface area contributed by atoms with Crippen molar-refractivity contribution in [3.63, 3.8) is 0 Å². The number of nitrogen functional groups attached to an aromatic ring is 1. The van der Waals surface area contributed by atoms with Crippen molar-refractivity contribution in [2.45, 2.75) is 6.42 Å². The predicted molar refractivity (Wildman–Crippen MR) is 71.3 cm³/mol. The van der Waals surface area contributed by atoms with Gasteiger partial charge in [0, 0.05) is 27.1 Å². The monoisotopic (exact) mass is 250 g/mol. The zero-order chi connectivity index (χ0) is 13.7. The summed E-state index contributed by atoms with van der Waals surface area (Å²) in [7, 11) is 3.34. The van der Waals surface area contributed by atoms with Crippen LogP contribution in [0.15, 0.2) is 18.2 Å². The molecule has 0 aliphatic heterocycles. The maximum Gasteiger partial charge on any atom is 0.250 e. The molecule has 0 atom stereocenters. The summed E-state index contributed by atoms with van der Waals surface area (Å²) in [5.74, 6) is -0.610. The number of primary amides is 1. The predicted octanol–water partition coefficient (Wildman–Crippen LogP) is -0.0600. The van der Waals surface area contributed by atoms with Gasteiger partial charge >= 0.3 is 0 Å². The summed E-state index contributed by atoms with van der Waals surface area (Å²) in [5.41, 5.74) is 12.5. The topological polar surface area (TPSA) is 101 Å². The van der Waals surface area contributed by atoms with Gasteiger partial charge in [0.15, 0.2) is 0 Å². The Morgan fingerprint density at radius 2 is 2.06 bits per heavy atom. The van der Waals surface area contributed by atoms with Crippen LogP contribution in [-0.4, -0.2) is 32.5 Å². The highest BCUT2D eigenvalue weighted by atomic mass is 16.1. The molecular formula is C12H18N4O2. The molecule has 1 aromatic carbocycles. The number of hydrogen-bond donors (Lipinski definition) is 3. The summed E-state index contributed by atoms with van der Waals surface area (Å²) in [4.78, 5) is 24.3. The Balaban J connectivity index is 2.94. The minimum Gasteiger partial charge on any atom is -0.397 e. The number of anilines is 2. The average molecular weight is 250 g/mol. The van der Waals surface area contributed by atoms with Crippen molar-refractivity contribution >= 4 is 23.2 Å². The van der Waals surface area contributed by atoms with Gasteiger partial charge in [0.1, 0.15) is 0 Å². The largest absolute Gasteiger partial charge is 0.397 e. The van der Waals surface area contributed by atoms with Gasteiger partial charge in [0.25, 0.3) is 5.91 Å². The summed E-state index contributed by atoms with van der Waals surface area (Å²) in [6.07, 6.45) is 0.319. The second kappa shape index (κ2) is 5.90. The van der Waals surface area contributed by atoms with Gasteiger partial charge in [0.05, 0.1) is 16.9 Å². The first kappa shape index (κ1) is 13.8. The van der Waals surface area contributed by atoms with Crippen molar-refractivity contribution in [2.75, 3.05) is 31.3 Å². The van der Waals surface area contributed by atoms with Crippen LogP contribution in [0.3, 0.4) is 0 Å². The van der Waals surface area contributed by atoms with Crippen LogP contribution in [-0.2, 0) is 4.79 Å². The molecule has 98 valence electrons. The van der Waals surface area contributed by atoms with Crippen LogP contribution < -0.4 is 21.7 Å². The fourth-order valence-electron chi connectivity index (χ4n) is 1.69. The third-order valence-corrected chi connectivity index (χ3v) is 2.67. The van der Waals surface area contributed by atoms with Crippen molar-refractivity contribution in [1.82, 2.24) is 5.32 Å². The standard InChI is InChI=1S/C12H18N4O2/c1-15-10(17)6-7-16(2)11-8(12(14)18)4-3-5-9(11)13/h3-5H,6-7,13H2,1-2H3,(H2,14,18)(H,15,17). The lowest BCUT2D eigenvalue weighted by molar-refractivity contribution is -0.120. The molecule has 0 saturated carbocycles. The lowest BCUT2D eigenvalue weighted by Gasteiger charge is -2.22. The molecule has 0 saturated heterocycles. The molecule has 6 heteroatoms. The molecule has 0 aliphatic rings. The minimum atomic E-state index is -0.538. The summed E-state index contributed by atoms with van der Waals surface area (Å²) in [5, 5.41) is 2.54. The van der Waals surface area contributed by atoms with Crippen LogP contribution in [0.5, 0.6) is 0 Å². The van der Waals surface area contributed by atoms with Crippen LogP contribution in [0.4, 0.5) is 11.4 Å². The molecule has 0 fully saturated rings. The Kier molecular flexibility index (Phi) is 4.53. The van der Waals surface area contributed by atoms with Gasteiger partial charge in [-0.25, -0.2) is 0 Å². The van der Waals surface area contributed by atoms with Crippen LogP contribution in [0.1, 0.15) is 16.8 Å². The Morgan fingerprint density at radius 1 is 1.39 bits per heavy atom. The lowest BCUT2D eigenvalue weighted by Crippen LogP contribution is -2.28. The SMILES string of the molecule is CNC(=O)CCN(C)c1c(N)cccc1C(N)=O. The van der Waals surface area contributed by atoms with Crippen molar-refractivity contribution < 1.29 is 9.59 Å². The quantitative estimate of drug-likeness (QED) is 0.637. The van der Waals surface area contributed by atoms with Gasteiger partial charge in [-0.2, -0.15) is 0 Å². The molecule has 18 heavy (non-hydrogen) atoms. The van der Waals surface area contributed by atoms with Crippen LogP contribution in [0, 0.1) is 0 Å². The van der Waals surface area contributed by atoms with Crippen molar-refractivity contribution in [3.05, 3.63) is 23.8 Å². The first-order valence-electron chi connectivity index (χ1n) is 5.57. The van der Waals surface area contributed by atoms with E-state index in [-0.39, 0.29) is 5.91 Å². The number of nitrogens with two attached hydrogens (primary N) is 2. The molecule has 1 rings (SSSR count). The van der Waals surface area contributed by atoms with Gasteiger partial charge < -0.3 is 21.7 Å². The molecule has 0 aliphatic carbocycles. The number of benzene rings is 1. The van der Waals surface area contributed by atoms with E-state index in [2.05, 4.69) is 5.32 Å². The van der Waals surface area contributed by atoms with E-state index in [0.29, 0.717) is 29.9 Å². The van der Waals surface area contributed by atoms with E-state index in [4.69, 9.17) is 11.5 Å². The molecule has 5 N–H and O–H groups in total. The van der Waals surface area contributed by atoms with E-state index in [0.717, 1.165) is 0 Å². The molecule has 0 unspecified atom stereocenters. The van der Waals surface area contributed by atoms with Crippen LogP contribution in [0.2, 0.25) is 0 Å². The summed E-state index contributed by atoms with van der Waals surface area (Å²) in [6.45, 7) is 0.453. The van der Waals surface area contributed by atoms with Crippen LogP contribution >= 0.6 is 0 Å². The molecule has 0 aromatic heterocycles. The molecule has 0 radical (unpaired) electrons. The zero-order valence-corrected chi connectivity index (χ0v) is 10.6. The number of nitrogens with zero attached hydrogens (tertiary/aromatic N) is 1. The van der Waals surface area contributed by atoms with Crippen LogP contribution in [0.25, 0.3) is 0 Å². The van der Waals surface area contributed by atoms with E-state index in [1.807, 2.05) is 0 Å². The maximum absolute atomic E-state index is 11.3. The molecule has 0 heterocycles. The Hall–Kier alpha value is -2.24.